The monoisotopic (exact) mass is 225 g/mol. The predicted molar refractivity (Wildman–Crippen MR) is 46.0 cm³/mol. The first kappa shape index (κ1) is 9.94. The Morgan fingerprint density at radius 1 is 1.80 bits per heavy atom. The molecule has 0 saturated heterocycles. The molecule has 0 saturated carbocycles. The molecule has 2 N–H and O–H groups in total. The van der Waals surface area contributed by atoms with Crippen LogP contribution in [0.5, 0.6) is 0 Å². The number of aromatic nitrogens is 2. The maximum atomic E-state index is 5.34. The van der Waals surface area contributed by atoms with Crippen molar-refractivity contribution in [1.29, 1.82) is 0 Å². The van der Waals surface area contributed by atoms with Crippen LogP contribution in [0.4, 0.5) is 0 Å². The van der Waals surface area contributed by atoms with Gasteiger partial charge >= 0.3 is 0 Å². The van der Waals surface area contributed by atoms with E-state index in [1.54, 1.807) is 4.68 Å². The molecule has 3 nitrogen and oxygen atoms in total. The molecule has 0 atom stereocenters. The van der Waals surface area contributed by atoms with Gasteiger partial charge in [-0.1, -0.05) is 0 Å². The van der Waals surface area contributed by atoms with Gasteiger partial charge in [-0.3, -0.25) is 4.68 Å². The van der Waals surface area contributed by atoms with E-state index >= 15 is 0 Å². The summed E-state index contributed by atoms with van der Waals surface area (Å²) in [5, 5.41) is 4.07. The Morgan fingerprint density at radius 3 is 2.60 bits per heavy atom. The lowest BCUT2D eigenvalue weighted by Gasteiger charge is -1.86. The van der Waals surface area contributed by atoms with Crippen molar-refractivity contribution in [2.75, 3.05) is 0 Å². The van der Waals surface area contributed by atoms with Gasteiger partial charge in [-0.2, -0.15) is 5.10 Å². The predicted octanol–water partition coefficient (Wildman–Crippen LogP) is 1.06. The van der Waals surface area contributed by atoms with Crippen LogP contribution < -0.4 is 5.73 Å². The van der Waals surface area contributed by atoms with Crippen molar-refractivity contribution in [3.8, 4) is 0 Å². The second-order valence-electron chi connectivity index (χ2n) is 1.79. The van der Waals surface area contributed by atoms with Crippen LogP contribution in [0.2, 0.25) is 0 Å². The molecule has 1 aromatic heterocycles. The minimum Gasteiger partial charge on any atom is -0.325 e. The first-order chi connectivity index (χ1) is 4.24. The molecule has 0 aliphatic carbocycles. The lowest BCUT2D eigenvalue weighted by Crippen LogP contribution is -1.98. The van der Waals surface area contributed by atoms with Crippen LogP contribution >= 0.6 is 28.3 Å². The minimum absolute atomic E-state index is 0. The topological polar surface area (TPSA) is 43.8 Å². The van der Waals surface area contributed by atoms with Gasteiger partial charge in [0.05, 0.1) is 5.69 Å². The summed E-state index contributed by atoms with van der Waals surface area (Å²) < 4.78 is 2.70. The molecule has 1 rings (SSSR count). The van der Waals surface area contributed by atoms with Crippen LogP contribution in [0, 0.1) is 0 Å². The average molecular weight is 227 g/mol. The molecule has 0 aliphatic heterocycles. The zero-order chi connectivity index (χ0) is 6.85. The first-order valence-electron chi connectivity index (χ1n) is 2.62. The molecule has 1 heterocycles. The maximum Gasteiger partial charge on any atom is 0.104 e. The Balaban J connectivity index is 0.000000810. The molecule has 0 aromatic carbocycles. The number of halogens is 2. The van der Waals surface area contributed by atoms with E-state index in [1.165, 1.54) is 0 Å². The number of nitrogens with two attached hydrogens (primary N) is 1. The summed E-state index contributed by atoms with van der Waals surface area (Å²) in [7, 11) is 1.86. The average Bonchev–Trinajstić information content (AvgIpc) is 2.13. The Hall–Kier alpha value is -0.0600. The molecule has 1 aromatic rings. The van der Waals surface area contributed by atoms with E-state index in [2.05, 4.69) is 21.0 Å². The molecule has 0 amide bonds. The van der Waals surface area contributed by atoms with Crippen LogP contribution in [0.3, 0.4) is 0 Å². The van der Waals surface area contributed by atoms with Crippen molar-refractivity contribution in [3.63, 3.8) is 0 Å². The molecule has 0 radical (unpaired) electrons. The smallest absolute Gasteiger partial charge is 0.104 e. The fourth-order valence-electron chi connectivity index (χ4n) is 0.600. The van der Waals surface area contributed by atoms with E-state index < -0.39 is 0 Å². The van der Waals surface area contributed by atoms with E-state index in [9.17, 15) is 0 Å². The highest BCUT2D eigenvalue weighted by Crippen LogP contribution is 2.08. The van der Waals surface area contributed by atoms with E-state index in [4.69, 9.17) is 5.73 Å². The summed E-state index contributed by atoms with van der Waals surface area (Å²) in [5.41, 5.74) is 6.24. The summed E-state index contributed by atoms with van der Waals surface area (Å²) in [6, 6.07) is 1.90. The Kier molecular flexibility index (Phi) is 3.93. The van der Waals surface area contributed by atoms with Crippen LogP contribution in [-0.4, -0.2) is 9.78 Å². The van der Waals surface area contributed by atoms with Crippen molar-refractivity contribution in [3.05, 3.63) is 16.4 Å². The summed E-state index contributed by atoms with van der Waals surface area (Å²) in [5.74, 6) is 0. The van der Waals surface area contributed by atoms with Gasteiger partial charge in [0.1, 0.15) is 4.60 Å². The molecule has 58 valence electrons. The Morgan fingerprint density at radius 2 is 2.40 bits per heavy atom. The van der Waals surface area contributed by atoms with E-state index in [1.807, 2.05) is 13.1 Å². The molecule has 5 heteroatoms. The molecule has 0 fully saturated rings. The first-order valence-corrected chi connectivity index (χ1v) is 3.42. The van der Waals surface area contributed by atoms with Gasteiger partial charge in [-0.25, -0.2) is 0 Å². The molecule has 10 heavy (non-hydrogen) atoms. The van der Waals surface area contributed by atoms with Crippen LogP contribution in [0.15, 0.2) is 10.7 Å². The maximum absolute atomic E-state index is 5.34. The van der Waals surface area contributed by atoms with Crippen LogP contribution in [0.1, 0.15) is 5.69 Å². The Labute approximate surface area is 74.1 Å². The molecule has 0 spiro atoms. The lowest BCUT2D eigenvalue weighted by atomic mass is 10.4. The van der Waals surface area contributed by atoms with E-state index in [0.29, 0.717) is 6.54 Å². The van der Waals surface area contributed by atoms with Gasteiger partial charge in [0.15, 0.2) is 0 Å². The number of nitrogens with zero attached hydrogens (tertiary/aromatic N) is 2. The highest BCUT2D eigenvalue weighted by Gasteiger charge is 1.97. The third-order valence-electron chi connectivity index (χ3n) is 1.08. The summed E-state index contributed by atoms with van der Waals surface area (Å²) in [6.45, 7) is 0.499. The normalized spacial score (nSPS) is 9.10. The van der Waals surface area contributed by atoms with Gasteiger partial charge in [-0.15, -0.1) is 12.4 Å². The molecular formula is C5H9BrClN3. The largest absolute Gasteiger partial charge is 0.325 e. The zero-order valence-corrected chi connectivity index (χ0v) is 7.94. The zero-order valence-electron chi connectivity index (χ0n) is 5.54. The van der Waals surface area contributed by atoms with Crippen LogP contribution in [0.25, 0.3) is 0 Å². The fraction of sp³-hybridized carbons (Fsp3) is 0.400. The van der Waals surface area contributed by atoms with Crippen molar-refractivity contribution in [1.82, 2.24) is 9.78 Å². The van der Waals surface area contributed by atoms with Gasteiger partial charge in [-0.05, 0) is 22.0 Å². The summed E-state index contributed by atoms with van der Waals surface area (Å²) >= 11 is 3.30. The van der Waals surface area contributed by atoms with E-state index in [0.717, 1.165) is 10.3 Å². The van der Waals surface area contributed by atoms with Crippen molar-refractivity contribution >= 4 is 28.3 Å². The molecular weight excluding hydrogens is 217 g/mol. The standard InChI is InChI=1S/C5H8BrN3.ClH/c1-9-5(6)2-4(3-7)8-9;/h2H,3,7H2,1H3;1H. The molecule has 0 unspecified atom stereocenters. The van der Waals surface area contributed by atoms with Gasteiger partial charge in [0.25, 0.3) is 0 Å². The summed E-state index contributed by atoms with van der Waals surface area (Å²) in [6.07, 6.45) is 0. The highest BCUT2D eigenvalue weighted by molar-refractivity contribution is 9.10. The van der Waals surface area contributed by atoms with Crippen molar-refractivity contribution in [2.24, 2.45) is 12.8 Å². The minimum atomic E-state index is 0. The van der Waals surface area contributed by atoms with Gasteiger partial charge in [0.2, 0.25) is 0 Å². The Bertz CT molecular complexity index is 191. The second-order valence-corrected chi connectivity index (χ2v) is 2.60. The van der Waals surface area contributed by atoms with Crippen molar-refractivity contribution < 1.29 is 0 Å². The highest BCUT2D eigenvalue weighted by atomic mass is 79.9. The van der Waals surface area contributed by atoms with Crippen LogP contribution in [-0.2, 0) is 13.6 Å². The number of hydrogen-bond acceptors (Lipinski definition) is 2. The number of rotatable bonds is 1. The third kappa shape index (κ3) is 1.97. The third-order valence-corrected chi connectivity index (χ3v) is 1.82. The fourth-order valence-corrected chi connectivity index (χ4v) is 0.943. The van der Waals surface area contributed by atoms with E-state index in [-0.39, 0.29) is 12.4 Å². The second kappa shape index (κ2) is 3.95. The molecule has 0 aliphatic rings. The summed E-state index contributed by atoms with van der Waals surface area (Å²) in [4.78, 5) is 0. The molecule has 0 bridgehead atoms. The number of hydrogen-bond donors (Lipinski definition) is 1. The SMILES string of the molecule is Cl.Cn1nc(CN)cc1Br. The van der Waals surface area contributed by atoms with Gasteiger partial charge < -0.3 is 5.73 Å². The van der Waals surface area contributed by atoms with Gasteiger partial charge in [0, 0.05) is 13.6 Å². The lowest BCUT2D eigenvalue weighted by molar-refractivity contribution is 0.728. The van der Waals surface area contributed by atoms with Crippen molar-refractivity contribution in [2.45, 2.75) is 6.54 Å². The number of aryl methyl sites for hydroxylation is 1. The quantitative estimate of drug-likeness (QED) is 0.778.